The lowest BCUT2D eigenvalue weighted by molar-refractivity contribution is -0.107. The summed E-state index contributed by atoms with van der Waals surface area (Å²) in [7, 11) is 0. The van der Waals surface area contributed by atoms with Crippen LogP contribution in [0.25, 0.3) is 0 Å². The Labute approximate surface area is 81.5 Å². The van der Waals surface area contributed by atoms with Gasteiger partial charge in [0.1, 0.15) is 6.29 Å². The van der Waals surface area contributed by atoms with Crippen molar-refractivity contribution in [1.29, 1.82) is 0 Å². The monoisotopic (exact) mass is 180 g/mol. The number of hydrogen-bond acceptors (Lipinski definition) is 1. The van der Waals surface area contributed by atoms with E-state index in [4.69, 9.17) is 0 Å². The summed E-state index contributed by atoms with van der Waals surface area (Å²) >= 11 is 0. The summed E-state index contributed by atoms with van der Waals surface area (Å²) in [6.45, 7) is 10.4. The third-order valence-electron chi connectivity index (χ3n) is 2.49. The lowest BCUT2D eigenvalue weighted by Gasteiger charge is -2.24. The van der Waals surface area contributed by atoms with Gasteiger partial charge in [0.25, 0.3) is 0 Å². The number of allylic oxidation sites excluding steroid dienone is 3. The highest BCUT2D eigenvalue weighted by Gasteiger charge is 2.16. The smallest absolute Gasteiger partial charge is 0.123 e. The largest absolute Gasteiger partial charge is 0.303 e. The standard InChI is InChI=1S/C12H20O/c1-11(2)12(3,4)9-7-5-6-8-10-13/h5-6,10H,1,7-9H2,2-4H3/b6-5-. The normalized spacial score (nSPS) is 11.9. The van der Waals surface area contributed by atoms with Crippen LogP contribution in [0.3, 0.4) is 0 Å². The molecule has 0 aromatic heterocycles. The second-order valence-electron chi connectivity index (χ2n) is 4.08. The van der Waals surface area contributed by atoms with E-state index in [0.29, 0.717) is 6.42 Å². The van der Waals surface area contributed by atoms with Crippen molar-refractivity contribution in [2.45, 2.75) is 40.0 Å². The molecular formula is C12H20O. The van der Waals surface area contributed by atoms with Crippen molar-refractivity contribution < 1.29 is 4.79 Å². The molecule has 0 aliphatic heterocycles. The van der Waals surface area contributed by atoms with Crippen LogP contribution in [0.15, 0.2) is 24.3 Å². The maximum absolute atomic E-state index is 10.0. The van der Waals surface area contributed by atoms with Crippen molar-refractivity contribution >= 4 is 6.29 Å². The number of aldehydes is 1. The summed E-state index contributed by atoms with van der Waals surface area (Å²) < 4.78 is 0. The van der Waals surface area contributed by atoms with Gasteiger partial charge in [0.05, 0.1) is 0 Å². The van der Waals surface area contributed by atoms with Crippen LogP contribution in [0.2, 0.25) is 0 Å². The molecule has 0 amide bonds. The molecule has 74 valence electrons. The molecule has 0 fully saturated rings. The Balaban J connectivity index is 3.75. The zero-order valence-corrected chi connectivity index (χ0v) is 8.97. The molecule has 0 N–H and O–H groups in total. The quantitative estimate of drug-likeness (QED) is 0.451. The molecule has 0 unspecified atom stereocenters. The molecular weight excluding hydrogens is 160 g/mol. The van der Waals surface area contributed by atoms with Gasteiger partial charge in [-0.25, -0.2) is 0 Å². The summed E-state index contributed by atoms with van der Waals surface area (Å²) in [6.07, 6.45) is 7.56. The molecule has 0 saturated heterocycles. The zero-order chi connectivity index (χ0) is 10.3. The third-order valence-corrected chi connectivity index (χ3v) is 2.49. The van der Waals surface area contributed by atoms with Gasteiger partial charge in [-0.15, -0.1) is 0 Å². The molecule has 0 aromatic rings. The van der Waals surface area contributed by atoms with E-state index in [1.54, 1.807) is 0 Å². The van der Waals surface area contributed by atoms with Gasteiger partial charge < -0.3 is 4.79 Å². The first-order chi connectivity index (χ1) is 6.00. The zero-order valence-electron chi connectivity index (χ0n) is 8.97. The van der Waals surface area contributed by atoms with Gasteiger partial charge in [-0.2, -0.15) is 0 Å². The van der Waals surface area contributed by atoms with E-state index in [0.717, 1.165) is 19.1 Å². The molecule has 0 bridgehead atoms. The van der Waals surface area contributed by atoms with E-state index in [9.17, 15) is 4.79 Å². The highest BCUT2D eigenvalue weighted by molar-refractivity contribution is 5.51. The molecule has 0 aliphatic carbocycles. The molecule has 0 heterocycles. The van der Waals surface area contributed by atoms with Crippen molar-refractivity contribution in [2.75, 3.05) is 0 Å². The first kappa shape index (κ1) is 12.2. The van der Waals surface area contributed by atoms with Crippen molar-refractivity contribution in [1.82, 2.24) is 0 Å². The molecule has 0 saturated carbocycles. The minimum absolute atomic E-state index is 0.214. The van der Waals surface area contributed by atoms with Gasteiger partial charge in [0.15, 0.2) is 0 Å². The van der Waals surface area contributed by atoms with Crippen LogP contribution >= 0.6 is 0 Å². The Morgan fingerprint density at radius 2 is 2.00 bits per heavy atom. The highest BCUT2D eigenvalue weighted by Crippen LogP contribution is 2.29. The predicted octanol–water partition coefficient (Wildman–Crippen LogP) is 3.51. The molecule has 0 atom stereocenters. The summed E-state index contributed by atoms with van der Waals surface area (Å²) in [5, 5.41) is 0. The van der Waals surface area contributed by atoms with Crippen molar-refractivity contribution in [2.24, 2.45) is 5.41 Å². The van der Waals surface area contributed by atoms with E-state index in [1.165, 1.54) is 5.57 Å². The van der Waals surface area contributed by atoms with Crippen LogP contribution in [0.4, 0.5) is 0 Å². The van der Waals surface area contributed by atoms with Gasteiger partial charge in [-0.05, 0) is 25.2 Å². The summed E-state index contributed by atoms with van der Waals surface area (Å²) in [4.78, 5) is 10.0. The van der Waals surface area contributed by atoms with Crippen LogP contribution in [0.1, 0.15) is 40.0 Å². The second-order valence-corrected chi connectivity index (χ2v) is 4.08. The number of carbonyl (C=O) groups is 1. The highest BCUT2D eigenvalue weighted by atomic mass is 16.1. The first-order valence-corrected chi connectivity index (χ1v) is 4.75. The second kappa shape index (κ2) is 5.74. The Morgan fingerprint density at radius 1 is 1.38 bits per heavy atom. The first-order valence-electron chi connectivity index (χ1n) is 4.75. The van der Waals surface area contributed by atoms with Gasteiger partial charge in [0, 0.05) is 6.42 Å². The molecule has 0 aliphatic rings. The molecule has 13 heavy (non-hydrogen) atoms. The predicted molar refractivity (Wildman–Crippen MR) is 57.7 cm³/mol. The van der Waals surface area contributed by atoms with E-state index < -0.39 is 0 Å². The molecule has 0 rings (SSSR count). The topological polar surface area (TPSA) is 17.1 Å². The Bertz CT molecular complexity index is 199. The van der Waals surface area contributed by atoms with Crippen LogP contribution in [0.5, 0.6) is 0 Å². The van der Waals surface area contributed by atoms with Crippen LogP contribution in [-0.2, 0) is 4.79 Å². The molecule has 0 spiro atoms. The fraction of sp³-hybridized carbons (Fsp3) is 0.583. The van der Waals surface area contributed by atoms with E-state index in [1.807, 2.05) is 6.08 Å². The van der Waals surface area contributed by atoms with Gasteiger partial charge >= 0.3 is 0 Å². The lowest BCUT2D eigenvalue weighted by atomic mass is 9.82. The average Bonchev–Trinajstić information content (AvgIpc) is 2.03. The van der Waals surface area contributed by atoms with Crippen LogP contribution in [0, 0.1) is 5.41 Å². The maximum atomic E-state index is 10.0. The lowest BCUT2D eigenvalue weighted by Crippen LogP contribution is -2.11. The third kappa shape index (κ3) is 5.40. The fourth-order valence-corrected chi connectivity index (χ4v) is 0.927. The number of hydrogen-bond donors (Lipinski definition) is 0. The Hall–Kier alpha value is -0.850. The minimum atomic E-state index is 0.214. The van der Waals surface area contributed by atoms with Gasteiger partial charge in [0.2, 0.25) is 0 Å². The van der Waals surface area contributed by atoms with Crippen molar-refractivity contribution in [3.63, 3.8) is 0 Å². The van der Waals surface area contributed by atoms with Crippen molar-refractivity contribution in [3.8, 4) is 0 Å². The van der Waals surface area contributed by atoms with E-state index in [2.05, 4.69) is 33.4 Å². The maximum Gasteiger partial charge on any atom is 0.123 e. The Morgan fingerprint density at radius 3 is 2.46 bits per heavy atom. The fourth-order valence-electron chi connectivity index (χ4n) is 0.927. The summed E-state index contributed by atoms with van der Waals surface area (Å²) in [5.74, 6) is 0. The summed E-state index contributed by atoms with van der Waals surface area (Å²) in [5.41, 5.74) is 1.43. The number of carbonyl (C=O) groups excluding carboxylic acids is 1. The Kier molecular flexibility index (Phi) is 5.36. The SMILES string of the molecule is C=C(C)C(C)(C)CC/C=C\CC=O. The van der Waals surface area contributed by atoms with Crippen LogP contribution < -0.4 is 0 Å². The van der Waals surface area contributed by atoms with E-state index in [-0.39, 0.29) is 5.41 Å². The van der Waals surface area contributed by atoms with Gasteiger partial charge in [-0.3, -0.25) is 0 Å². The molecule has 1 nitrogen and oxygen atoms in total. The minimum Gasteiger partial charge on any atom is -0.303 e. The van der Waals surface area contributed by atoms with Crippen molar-refractivity contribution in [3.05, 3.63) is 24.3 Å². The average molecular weight is 180 g/mol. The molecule has 0 aromatic carbocycles. The number of rotatable bonds is 6. The van der Waals surface area contributed by atoms with E-state index >= 15 is 0 Å². The molecule has 0 radical (unpaired) electrons. The van der Waals surface area contributed by atoms with Crippen LogP contribution in [-0.4, -0.2) is 6.29 Å². The summed E-state index contributed by atoms with van der Waals surface area (Å²) in [6, 6.07) is 0. The van der Waals surface area contributed by atoms with Gasteiger partial charge in [-0.1, -0.05) is 38.2 Å². The molecule has 1 heteroatoms.